The van der Waals surface area contributed by atoms with Gasteiger partial charge in [-0.05, 0) is 36.4 Å². The largest absolute Gasteiger partial charge is 0.508 e. The number of carbonyl (C=O) groups excluding carboxylic acids is 2. The number of amides is 3. The van der Waals surface area contributed by atoms with Gasteiger partial charge in [0, 0.05) is 17.3 Å². The number of ether oxygens (including phenoxy) is 1. The SMILES string of the molecule is COc1ccc(C(=O)NC(=O)Nc2cccc(O)c2)cc1. The standard InChI is InChI=1S/C15H14N2O4/c1-21-13-7-5-10(6-8-13)14(19)17-15(20)16-11-3-2-4-12(18)9-11/h2-9,18H,1H3,(H2,16,17,19,20). The molecule has 0 atom stereocenters. The molecule has 2 rings (SSSR count). The number of nitrogens with one attached hydrogen (secondary N) is 2. The van der Waals surface area contributed by atoms with Crippen LogP contribution in [0.1, 0.15) is 10.4 Å². The number of aromatic hydroxyl groups is 1. The van der Waals surface area contributed by atoms with Gasteiger partial charge in [0.25, 0.3) is 5.91 Å². The Bertz CT molecular complexity index is 653. The van der Waals surface area contributed by atoms with Crippen LogP contribution in [-0.4, -0.2) is 24.2 Å². The molecule has 0 aromatic heterocycles. The maximum Gasteiger partial charge on any atom is 0.326 e. The predicted molar refractivity (Wildman–Crippen MR) is 77.6 cm³/mol. The Kier molecular flexibility index (Phi) is 4.40. The fourth-order valence-corrected chi connectivity index (χ4v) is 1.66. The van der Waals surface area contributed by atoms with Crippen LogP contribution in [-0.2, 0) is 0 Å². The van der Waals surface area contributed by atoms with Crippen molar-refractivity contribution in [2.45, 2.75) is 0 Å². The Morgan fingerprint density at radius 3 is 2.43 bits per heavy atom. The fraction of sp³-hybridized carbons (Fsp3) is 0.0667. The minimum absolute atomic E-state index is 0.0225. The molecule has 0 fully saturated rings. The van der Waals surface area contributed by atoms with Crippen LogP contribution in [0, 0.1) is 0 Å². The van der Waals surface area contributed by atoms with Crippen molar-refractivity contribution < 1.29 is 19.4 Å². The van der Waals surface area contributed by atoms with Gasteiger partial charge in [-0.2, -0.15) is 0 Å². The zero-order chi connectivity index (χ0) is 15.2. The molecule has 0 unspecified atom stereocenters. The fourth-order valence-electron chi connectivity index (χ4n) is 1.66. The van der Waals surface area contributed by atoms with Crippen molar-refractivity contribution >= 4 is 17.6 Å². The van der Waals surface area contributed by atoms with E-state index in [9.17, 15) is 14.7 Å². The Morgan fingerprint density at radius 1 is 1.10 bits per heavy atom. The van der Waals surface area contributed by atoms with Gasteiger partial charge >= 0.3 is 6.03 Å². The monoisotopic (exact) mass is 286 g/mol. The third-order valence-electron chi connectivity index (χ3n) is 2.68. The van der Waals surface area contributed by atoms with Crippen LogP contribution in [0.25, 0.3) is 0 Å². The number of benzene rings is 2. The smallest absolute Gasteiger partial charge is 0.326 e. The first-order chi connectivity index (χ1) is 10.1. The molecule has 0 aliphatic heterocycles. The van der Waals surface area contributed by atoms with Gasteiger partial charge in [-0.15, -0.1) is 0 Å². The van der Waals surface area contributed by atoms with Gasteiger partial charge in [0.05, 0.1) is 7.11 Å². The van der Waals surface area contributed by atoms with E-state index in [4.69, 9.17) is 4.74 Å². The van der Waals surface area contributed by atoms with E-state index in [0.29, 0.717) is 17.0 Å². The first-order valence-electron chi connectivity index (χ1n) is 6.14. The van der Waals surface area contributed by atoms with Crippen molar-refractivity contribution in [1.82, 2.24) is 5.32 Å². The molecule has 6 nitrogen and oxygen atoms in total. The maximum absolute atomic E-state index is 11.8. The predicted octanol–water partition coefficient (Wildman–Crippen LogP) is 2.36. The van der Waals surface area contributed by atoms with E-state index < -0.39 is 11.9 Å². The van der Waals surface area contributed by atoms with Crippen LogP contribution in [0.3, 0.4) is 0 Å². The van der Waals surface area contributed by atoms with E-state index in [-0.39, 0.29) is 5.75 Å². The molecule has 0 saturated carbocycles. The van der Waals surface area contributed by atoms with Crippen LogP contribution < -0.4 is 15.4 Å². The Balaban J connectivity index is 1.96. The zero-order valence-electron chi connectivity index (χ0n) is 11.3. The molecule has 0 aliphatic carbocycles. The van der Waals surface area contributed by atoms with Crippen LogP contribution in [0.2, 0.25) is 0 Å². The molecule has 21 heavy (non-hydrogen) atoms. The highest BCUT2D eigenvalue weighted by Gasteiger charge is 2.10. The summed E-state index contributed by atoms with van der Waals surface area (Å²) in [4.78, 5) is 23.5. The molecule has 6 heteroatoms. The second kappa shape index (κ2) is 6.42. The average Bonchev–Trinajstić information content (AvgIpc) is 2.47. The lowest BCUT2D eigenvalue weighted by Crippen LogP contribution is -2.34. The number of methoxy groups -OCH3 is 1. The number of hydrogen-bond acceptors (Lipinski definition) is 4. The molecular weight excluding hydrogens is 272 g/mol. The van der Waals surface area contributed by atoms with Crippen LogP contribution in [0.5, 0.6) is 11.5 Å². The second-order valence-corrected chi connectivity index (χ2v) is 4.19. The molecule has 0 spiro atoms. The maximum atomic E-state index is 11.8. The minimum Gasteiger partial charge on any atom is -0.508 e. The first kappa shape index (κ1) is 14.4. The topological polar surface area (TPSA) is 87.7 Å². The van der Waals surface area contributed by atoms with Crippen molar-refractivity contribution in [1.29, 1.82) is 0 Å². The van der Waals surface area contributed by atoms with E-state index in [2.05, 4.69) is 10.6 Å². The van der Waals surface area contributed by atoms with Gasteiger partial charge in [-0.3, -0.25) is 10.1 Å². The number of imide groups is 1. The van der Waals surface area contributed by atoms with Crippen molar-refractivity contribution in [3.05, 3.63) is 54.1 Å². The van der Waals surface area contributed by atoms with E-state index in [1.807, 2.05) is 0 Å². The number of hydrogen-bond donors (Lipinski definition) is 3. The molecule has 3 N–H and O–H groups in total. The normalized spacial score (nSPS) is 9.76. The minimum atomic E-state index is -0.679. The van der Waals surface area contributed by atoms with Gasteiger partial charge in [0.1, 0.15) is 11.5 Å². The summed E-state index contributed by atoms with van der Waals surface area (Å²) < 4.78 is 4.99. The number of rotatable bonds is 3. The summed E-state index contributed by atoms with van der Waals surface area (Å²) in [5.41, 5.74) is 0.719. The average molecular weight is 286 g/mol. The quantitative estimate of drug-likeness (QED) is 0.808. The van der Waals surface area contributed by atoms with Crippen LogP contribution in [0.4, 0.5) is 10.5 Å². The Morgan fingerprint density at radius 2 is 1.81 bits per heavy atom. The highest BCUT2D eigenvalue weighted by atomic mass is 16.5. The third kappa shape index (κ3) is 3.97. The van der Waals surface area contributed by atoms with Gasteiger partial charge in [0.15, 0.2) is 0 Å². The van der Waals surface area contributed by atoms with Crippen LogP contribution in [0.15, 0.2) is 48.5 Å². The molecular formula is C15H14N2O4. The lowest BCUT2D eigenvalue weighted by molar-refractivity contribution is 0.0967. The molecule has 0 heterocycles. The summed E-state index contributed by atoms with van der Waals surface area (Å²) >= 11 is 0. The van der Waals surface area contributed by atoms with Gasteiger partial charge in [-0.1, -0.05) is 6.07 Å². The lowest BCUT2D eigenvalue weighted by atomic mass is 10.2. The molecule has 0 radical (unpaired) electrons. The van der Waals surface area contributed by atoms with Crippen molar-refractivity contribution in [2.75, 3.05) is 12.4 Å². The Hall–Kier alpha value is -3.02. The molecule has 3 amide bonds. The summed E-state index contributed by atoms with van der Waals surface area (Å²) in [6.07, 6.45) is 0. The Labute approximate surface area is 121 Å². The number of phenolic OH excluding ortho intramolecular Hbond substituents is 1. The summed E-state index contributed by atoms with van der Waals surface area (Å²) in [5.74, 6) is 0.111. The molecule has 108 valence electrons. The highest BCUT2D eigenvalue weighted by Crippen LogP contribution is 2.15. The van der Waals surface area contributed by atoms with E-state index >= 15 is 0 Å². The molecule has 0 saturated heterocycles. The summed E-state index contributed by atoms with van der Waals surface area (Å²) in [5, 5.41) is 13.9. The number of anilines is 1. The van der Waals surface area contributed by atoms with E-state index in [1.54, 1.807) is 36.4 Å². The number of phenols is 1. The van der Waals surface area contributed by atoms with Crippen molar-refractivity contribution in [3.63, 3.8) is 0 Å². The van der Waals surface area contributed by atoms with Crippen LogP contribution >= 0.6 is 0 Å². The highest BCUT2D eigenvalue weighted by molar-refractivity contribution is 6.08. The lowest BCUT2D eigenvalue weighted by Gasteiger charge is -2.07. The molecule has 2 aromatic carbocycles. The number of carbonyl (C=O) groups is 2. The van der Waals surface area contributed by atoms with Gasteiger partial charge in [0.2, 0.25) is 0 Å². The van der Waals surface area contributed by atoms with E-state index in [0.717, 1.165) is 0 Å². The van der Waals surface area contributed by atoms with Crippen molar-refractivity contribution in [2.24, 2.45) is 0 Å². The second-order valence-electron chi connectivity index (χ2n) is 4.19. The van der Waals surface area contributed by atoms with Gasteiger partial charge < -0.3 is 15.2 Å². The third-order valence-corrected chi connectivity index (χ3v) is 2.68. The zero-order valence-corrected chi connectivity index (χ0v) is 11.3. The van der Waals surface area contributed by atoms with E-state index in [1.165, 1.54) is 19.2 Å². The summed E-state index contributed by atoms with van der Waals surface area (Å²) in [6, 6.07) is 11.7. The van der Waals surface area contributed by atoms with Gasteiger partial charge in [-0.25, -0.2) is 4.79 Å². The number of urea groups is 1. The molecule has 2 aromatic rings. The summed E-state index contributed by atoms with van der Waals surface area (Å²) in [7, 11) is 1.53. The van der Waals surface area contributed by atoms with Crippen molar-refractivity contribution in [3.8, 4) is 11.5 Å². The molecule has 0 bridgehead atoms. The molecule has 0 aliphatic rings. The first-order valence-corrected chi connectivity index (χ1v) is 6.14. The summed E-state index contributed by atoms with van der Waals surface area (Å²) in [6.45, 7) is 0.